The number of para-hydroxylation sites is 2. The maximum absolute atomic E-state index is 11.2. The summed E-state index contributed by atoms with van der Waals surface area (Å²) in [7, 11) is 1.53. The molecule has 0 saturated carbocycles. The second kappa shape index (κ2) is 9.51. The molecule has 5 heterocycles. The van der Waals surface area contributed by atoms with Crippen LogP contribution in [0.25, 0.3) is 11.2 Å². The Hall–Kier alpha value is -4.13. The minimum Gasteiger partial charge on any atom is -0.347 e. The van der Waals surface area contributed by atoms with E-state index in [-0.39, 0.29) is 18.4 Å². The summed E-state index contributed by atoms with van der Waals surface area (Å²) in [6.45, 7) is 5.50. The second-order valence-corrected chi connectivity index (χ2v) is 10.7. The molecule has 3 aliphatic rings. The fraction of sp³-hybridized carbons (Fsp3) is 0.393. The SMILES string of the molecule is CN(N=O)c1ncnc2c1ncn2C1OC(C2N(c3ccccc3)CCN2c2ccccc2)C2OC(C)(C)OC21. The highest BCUT2D eigenvalue weighted by Gasteiger charge is 2.60. The van der Waals surface area contributed by atoms with E-state index in [9.17, 15) is 4.91 Å². The van der Waals surface area contributed by atoms with Crippen molar-refractivity contribution in [3.63, 3.8) is 0 Å². The minimum atomic E-state index is -0.804. The fourth-order valence-electron chi connectivity index (χ4n) is 6.18. The van der Waals surface area contributed by atoms with Gasteiger partial charge in [-0.1, -0.05) is 36.4 Å². The van der Waals surface area contributed by atoms with Crippen molar-refractivity contribution in [2.75, 3.05) is 34.9 Å². The topological polar surface area (TPSA) is 110 Å². The van der Waals surface area contributed by atoms with Crippen molar-refractivity contribution in [1.82, 2.24) is 19.5 Å². The number of rotatable bonds is 6. The second-order valence-electron chi connectivity index (χ2n) is 10.7. The van der Waals surface area contributed by atoms with Gasteiger partial charge in [-0.15, -0.1) is 4.91 Å². The number of hydrogen-bond acceptors (Lipinski definition) is 10. The first-order valence-electron chi connectivity index (χ1n) is 13.3. The van der Waals surface area contributed by atoms with Gasteiger partial charge in [-0.25, -0.2) is 20.0 Å². The van der Waals surface area contributed by atoms with Crippen LogP contribution in [-0.4, -0.2) is 69.9 Å². The Morgan fingerprint density at radius 3 is 2.12 bits per heavy atom. The predicted molar refractivity (Wildman–Crippen MR) is 149 cm³/mol. The van der Waals surface area contributed by atoms with Crippen molar-refractivity contribution in [2.45, 2.75) is 50.3 Å². The molecule has 0 bridgehead atoms. The summed E-state index contributed by atoms with van der Waals surface area (Å²) in [6, 6.07) is 20.8. The monoisotopic (exact) mass is 542 g/mol. The summed E-state index contributed by atoms with van der Waals surface area (Å²) >= 11 is 0. The summed E-state index contributed by atoms with van der Waals surface area (Å²) in [6.07, 6.45) is 1.14. The number of anilines is 3. The van der Waals surface area contributed by atoms with Crippen molar-refractivity contribution in [3.05, 3.63) is 78.2 Å². The van der Waals surface area contributed by atoms with E-state index in [4.69, 9.17) is 14.2 Å². The zero-order valence-electron chi connectivity index (χ0n) is 22.4. The number of nitrogens with zero attached hydrogens (tertiary/aromatic N) is 8. The van der Waals surface area contributed by atoms with Crippen molar-refractivity contribution >= 4 is 28.4 Å². The van der Waals surface area contributed by atoms with Gasteiger partial charge in [0.1, 0.15) is 30.8 Å². The smallest absolute Gasteiger partial charge is 0.182 e. The molecule has 0 aliphatic carbocycles. The fourth-order valence-corrected chi connectivity index (χ4v) is 6.18. The summed E-state index contributed by atoms with van der Waals surface area (Å²) in [5.74, 6) is -0.489. The molecule has 40 heavy (non-hydrogen) atoms. The Morgan fingerprint density at radius 1 is 0.875 bits per heavy atom. The van der Waals surface area contributed by atoms with Crippen LogP contribution in [0.3, 0.4) is 0 Å². The van der Waals surface area contributed by atoms with E-state index >= 15 is 0 Å². The van der Waals surface area contributed by atoms with E-state index in [2.05, 4.69) is 78.6 Å². The molecule has 2 aromatic heterocycles. The Labute approximate surface area is 231 Å². The van der Waals surface area contributed by atoms with E-state index < -0.39 is 18.1 Å². The van der Waals surface area contributed by atoms with Crippen LogP contribution in [-0.2, 0) is 14.2 Å². The number of imidazole rings is 1. The molecule has 3 aliphatic heterocycles. The van der Waals surface area contributed by atoms with Gasteiger partial charge in [-0.05, 0) is 38.1 Å². The zero-order valence-corrected chi connectivity index (χ0v) is 22.4. The number of hydrogen-bond donors (Lipinski definition) is 0. The van der Waals surface area contributed by atoms with Crippen LogP contribution >= 0.6 is 0 Å². The van der Waals surface area contributed by atoms with Crippen LogP contribution in [0.2, 0.25) is 0 Å². The molecule has 4 atom stereocenters. The molecule has 0 radical (unpaired) electrons. The number of fused-ring (bicyclic) bond motifs is 2. The third kappa shape index (κ3) is 3.98. The molecule has 0 amide bonds. The zero-order chi connectivity index (χ0) is 27.4. The highest BCUT2D eigenvalue weighted by atomic mass is 16.8. The van der Waals surface area contributed by atoms with Crippen molar-refractivity contribution in [1.29, 1.82) is 0 Å². The first kappa shape index (κ1) is 24.9. The average molecular weight is 543 g/mol. The number of ether oxygens (including phenoxy) is 3. The van der Waals surface area contributed by atoms with Crippen LogP contribution in [0.15, 0.2) is 78.6 Å². The Morgan fingerprint density at radius 2 is 1.50 bits per heavy atom. The summed E-state index contributed by atoms with van der Waals surface area (Å²) in [5, 5.41) is 4.12. The van der Waals surface area contributed by atoms with Gasteiger partial charge in [0, 0.05) is 31.5 Å². The number of aromatic nitrogens is 4. The summed E-state index contributed by atoms with van der Waals surface area (Å²) < 4.78 is 21.8. The first-order chi connectivity index (χ1) is 19.4. The maximum atomic E-state index is 11.2. The molecule has 12 nitrogen and oxygen atoms in total. The number of nitroso groups, excluding NO2 is 1. The molecule has 12 heteroatoms. The summed E-state index contributed by atoms with van der Waals surface area (Å²) in [4.78, 5) is 29.2. The van der Waals surface area contributed by atoms with E-state index in [1.54, 1.807) is 6.33 Å². The van der Waals surface area contributed by atoms with Gasteiger partial charge in [0.05, 0.1) is 11.6 Å². The first-order valence-corrected chi connectivity index (χ1v) is 13.3. The molecule has 2 aromatic carbocycles. The molecule has 4 unspecified atom stereocenters. The lowest BCUT2D eigenvalue weighted by Gasteiger charge is -2.38. The van der Waals surface area contributed by atoms with E-state index in [1.807, 2.05) is 30.5 Å². The van der Waals surface area contributed by atoms with Crippen molar-refractivity contribution < 1.29 is 14.2 Å². The Balaban J connectivity index is 1.32. The third-order valence-corrected chi connectivity index (χ3v) is 7.80. The molecule has 4 aromatic rings. The highest BCUT2D eigenvalue weighted by Crippen LogP contribution is 2.47. The van der Waals surface area contributed by atoms with Crippen LogP contribution in [0.4, 0.5) is 17.2 Å². The third-order valence-electron chi connectivity index (χ3n) is 7.80. The van der Waals surface area contributed by atoms with Gasteiger partial charge in [-0.2, -0.15) is 0 Å². The summed E-state index contributed by atoms with van der Waals surface area (Å²) in [5.41, 5.74) is 3.19. The van der Waals surface area contributed by atoms with Gasteiger partial charge in [0.2, 0.25) is 0 Å². The van der Waals surface area contributed by atoms with Gasteiger partial charge >= 0.3 is 0 Å². The molecule has 7 rings (SSSR count). The van der Waals surface area contributed by atoms with E-state index in [0.29, 0.717) is 17.0 Å². The van der Waals surface area contributed by atoms with Gasteiger partial charge in [-0.3, -0.25) is 4.57 Å². The molecule has 3 saturated heterocycles. The Kier molecular flexibility index (Phi) is 5.91. The lowest BCUT2D eigenvalue weighted by atomic mass is 10.1. The molecule has 0 N–H and O–H groups in total. The normalized spacial score (nSPS) is 26.0. The van der Waals surface area contributed by atoms with E-state index in [1.165, 1.54) is 13.4 Å². The van der Waals surface area contributed by atoms with Gasteiger partial charge in [0.25, 0.3) is 0 Å². The van der Waals surface area contributed by atoms with Crippen LogP contribution in [0.1, 0.15) is 20.1 Å². The quantitative estimate of drug-likeness (QED) is 0.264. The lowest BCUT2D eigenvalue weighted by Crippen LogP contribution is -2.53. The van der Waals surface area contributed by atoms with Crippen LogP contribution in [0, 0.1) is 4.91 Å². The van der Waals surface area contributed by atoms with Crippen LogP contribution in [0.5, 0.6) is 0 Å². The lowest BCUT2D eigenvalue weighted by molar-refractivity contribution is -0.198. The van der Waals surface area contributed by atoms with Crippen molar-refractivity contribution in [2.24, 2.45) is 5.29 Å². The molecule has 206 valence electrons. The largest absolute Gasteiger partial charge is 0.347 e. The average Bonchev–Trinajstić information content (AvgIpc) is 3.74. The molecule has 3 fully saturated rings. The van der Waals surface area contributed by atoms with Gasteiger partial charge in [0.15, 0.2) is 29.0 Å². The predicted octanol–water partition coefficient (Wildman–Crippen LogP) is 3.71. The molecular formula is C28H30N8O4. The maximum Gasteiger partial charge on any atom is 0.182 e. The van der Waals surface area contributed by atoms with Gasteiger partial charge < -0.3 is 24.0 Å². The van der Waals surface area contributed by atoms with Crippen molar-refractivity contribution in [3.8, 4) is 0 Å². The molecular weight excluding hydrogens is 512 g/mol. The van der Waals surface area contributed by atoms with E-state index in [0.717, 1.165) is 29.5 Å². The minimum absolute atomic E-state index is 0.162. The highest BCUT2D eigenvalue weighted by molar-refractivity contribution is 5.83. The Bertz CT molecular complexity index is 1470. The standard InChI is InChI=1S/C28H30N8O4/c1-28(2)39-21-22(26-34(18-10-6-4-7-11-18)14-15-35(26)19-12-8-5-9-13-19)38-27(23(21)40-28)36-17-31-20-24(33(3)32-37)29-16-30-25(20)36/h4-13,16-17,21-23,26-27H,14-15H2,1-3H3. The van der Waals surface area contributed by atoms with Crippen LogP contribution < -0.4 is 14.8 Å². The molecule has 0 spiro atoms. The number of benzene rings is 2.